The van der Waals surface area contributed by atoms with Gasteiger partial charge in [0, 0.05) is 24.8 Å². The number of aryl methyl sites for hydroxylation is 2. The summed E-state index contributed by atoms with van der Waals surface area (Å²) in [6, 6.07) is 5.04. The van der Waals surface area contributed by atoms with Gasteiger partial charge in [0.1, 0.15) is 6.07 Å². The molecule has 0 bridgehead atoms. The van der Waals surface area contributed by atoms with Crippen molar-refractivity contribution in [1.82, 2.24) is 10.3 Å². The molecule has 4 nitrogen and oxygen atoms in total. The van der Waals surface area contributed by atoms with Gasteiger partial charge in [-0.2, -0.15) is 5.26 Å². The molecule has 0 unspecified atom stereocenters. The molecule has 3 rings (SSSR count). The predicted molar refractivity (Wildman–Crippen MR) is 84.4 cm³/mol. The van der Waals surface area contributed by atoms with E-state index in [-0.39, 0.29) is 0 Å². The fourth-order valence-corrected chi connectivity index (χ4v) is 3.18. The van der Waals surface area contributed by atoms with E-state index >= 15 is 0 Å². The Morgan fingerprint density at radius 2 is 2.00 bits per heavy atom. The van der Waals surface area contributed by atoms with Crippen molar-refractivity contribution in [2.24, 2.45) is 5.92 Å². The Morgan fingerprint density at radius 1 is 1.29 bits per heavy atom. The number of anilines is 1. The summed E-state index contributed by atoms with van der Waals surface area (Å²) < 4.78 is 0. The highest BCUT2D eigenvalue weighted by Gasteiger charge is 2.25. The van der Waals surface area contributed by atoms with Gasteiger partial charge >= 0.3 is 0 Å². The lowest BCUT2D eigenvalue weighted by molar-refractivity contribution is 0.408. The first-order valence-corrected chi connectivity index (χ1v) is 8.04. The molecule has 21 heavy (non-hydrogen) atoms. The Bertz CT molecular complexity index is 549. The molecule has 0 radical (unpaired) electrons. The lowest BCUT2D eigenvalue weighted by Crippen LogP contribution is -2.43. The van der Waals surface area contributed by atoms with Crippen molar-refractivity contribution in [3.63, 3.8) is 0 Å². The van der Waals surface area contributed by atoms with E-state index in [2.05, 4.69) is 27.3 Å². The van der Waals surface area contributed by atoms with Crippen molar-refractivity contribution >= 4 is 5.69 Å². The highest BCUT2D eigenvalue weighted by molar-refractivity contribution is 5.61. The van der Waals surface area contributed by atoms with Gasteiger partial charge in [0.05, 0.1) is 16.9 Å². The van der Waals surface area contributed by atoms with Crippen molar-refractivity contribution in [2.75, 3.05) is 24.5 Å². The zero-order chi connectivity index (χ0) is 14.8. The molecule has 112 valence electrons. The second-order valence-corrected chi connectivity index (χ2v) is 6.47. The molecule has 1 saturated heterocycles. The molecule has 1 aromatic heterocycles. The average molecular weight is 284 g/mol. The fourth-order valence-electron chi connectivity index (χ4n) is 3.18. The van der Waals surface area contributed by atoms with E-state index in [1.54, 1.807) is 0 Å². The van der Waals surface area contributed by atoms with Crippen LogP contribution in [0.1, 0.15) is 42.6 Å². The summed E-state index contributed by atoms with van der Waals surface area (Å²) in [6.07, 6.45) is 5.15. The molecule has 2 aliphatic rings. The van der Waals surface area contributed by atoms with Crippen LogP contribution >= 0.6 is 0 Å². The molecule has 4 heteroatoms. The van der Waals surface area contributed by atoms with Crippen molar-refractivity contribution < 1.29 is 0 Å². The smallest absolute Gasteiger partial charge is 0.103 e. The molecule has 1 N–H and O–H groups in total. The van der Waals surface area contributed by atoms with Crippen LogP contribution in [0.15, 0.2) is 6.07 Å². The van der Waals surface area contributed by atoms with Gasteiger partial charge in [-0.05, 0) is 58.1 Å². The average Bonchev–Trinajstić information content (AvgIpc) is 3.29. The number of hydrogen-bond acceptors (Lipinski definition) is 4. The Labute approximate surface area is 127 Å². The minimum absolute atomic E-state index is 0.649. The van der Waals surface area contributed by atoms with Crippen LogP contribution in [-0.4, -0.2) is 30.7 Å². The van der Waals surface area contributed by atoms with Crippen molar-refractivity contribution in [1.29, 1.82) is 5.26 Å². The third-order valence-electron chi connectivity index (χ3n) is 4.65. The molecular formula is C17H24N4. The first kappa shape index (κ1) is 14.3. The topological polar surface area (TPSA) is 52.0 Å². The van der Waals surface area contributed by atoms with Gasteiger partial charge in [-0.1, -0.05) is 0 Å². The van der Waals surface area contributed by atoms with Gasteiger partial charge in [0.2, 0.25) is 0 Å². The van der Waals surface area contributed by atoms with E-state index in [0.29, 0.717) is 6.04 Å². The Kier molecular flexibility index (Phi) is 4.12. The summed E-state index contributed by atoms with van der Waals surface area (Å²) in [5.74, 6) is 0.943. The van der Waals surface area contributed by atoms with Crippen LogP contribution in [-0.2, 0) is 0 Å². The highest BCUT2D eigenvalue weighted by atomic mass is 15.2. The van der Waals surface area contributed by atoms with Gasteiger partial charge in [0.25, 0.3) is 0 Å². The molecule has 1 aliphatic heterocycles. The Morgan fingerprint density at radius 3 is 2.62 bits per heavy atom. The quantitative estimate of drug-likeness (QED) is 0.923. The molecule has 0 amide bonds. The third-order valence-corrected chi connectivity index (χ3v) is 4.65. The minimum Gasteiger partial charge on any atom is -0.370 e. The van der Waals surface area contributed by atoms with E-state index in [1.807, 2.05) is 13.8 Å². The standard InChI is InChI=1S/C17H24N4/c1-12-9-17(16(10-18)13(2)20-12)21-7-5-15(6-8-21)19-11-14-3-4-14/h9,14-15,19H,3-8,11H2,1-2H3. The van der Waals surface area contributed by atoms with Crippen LogP contribution in [0.3, 0.4) is 0 Å². The maximum Gasteiger partial charge on any atom is 0.103 e. The molecule has 0 spiro atoms. The molecule has 0 aromatic carbocycles. The third kappa shape index (κ3) is 3.36. The number of piperidine rings is 1. The summed E-state index contributed by atoms with van der Waals surface area (Å²) in [5.41, 5.74) is 3.66. The lowest BCUT2D eigenvalue weighted by atomic mass is 10.0. The van der Waals surface area contributed by atoms with Crippen LogP contribution < -0.4 is 10.2 Å². The zero-order valence-electron chi connectivity index (χ0n) is 13.0. The first-order valence-electron chi connectivity index (χ1n) is 8.04. The summed E-state index contributed by atoms with van der Waals surface area (Å²) in [7, 11) is 0. The van der Waals surface area contributed by atoms with Crippen LogP contribution in [0, 0.1) is 31.1 Å². The van der Waals surface area contributed by atoms with Crippen LogP contribution in [0.5, 0.6) is 0 Å². The normalized spacial score (nSPS) is 19.6. The maximum atomic E-state index is 9.40. The van der Waals surface area contributed by atoms with Gasteiger partial charge in [-0.15, -0.1) is 0 Å². The van der Waals surface area contributed by atoms with E-state index in [1.165, 1.54) is 19.4 Å². The van der Waals surface area contributed by atoms with E-state index in [4.69, 9.17) is 0 Å². The largest absolute Gasteiger partial charge is 0.370 e. The van der Waals surface area contributed by atoms with E-state index in [0.717, 1.165) is 54.5 Å². The molecular weight excluding hydrogens is 260 g/mol. The summed E-state index contributed by atoms with van der Waals surface area (Å²) in [5, 5.41) is 13.1. The lowest BCUT2D eigenvalue weighted by Gasteiger charge is -2.34. The van der Waals surface area contributed by atoms with Crippen LogP contribution in [0.25, 0.3) is 0 Å². The number of nitrogens with zero attached hydrogens (tertiary/aromatic N) is 3. The van der Waals surface area contributed by atoms with Crippen LogP contribution in [0.4, 0.5) is 5.69 Å². The SMILES string of the molecule is Cc1cc(N2CCC(NCC3CC3)CC2)c(C#N)c(C)n1. The zero-order valence-corrected chi connectivity index (χ0v) is 13.0. The number of hydrogen-bond donors (Lipinski definition) is 1. The highest BCUT2D eigenvalue weighted by Crippen LogP contribution is 2.29. The van der Waals surface area contributed by atoms with E-state index in [9.17, 15) is 5.26 Å². The number of nitriles is 1. The Hall–Kier alpha value is -1.60. The molecule has 1 aromatic rings. The number of pyridine rings is 1. The minimum atomic E-state index is 0.649. The molecule has 1 saturated carbocycles. The number of aromatic nitrogens is 1. The Balaban J connectivity index is 1.64. The van der Waals surface area contributed by atoms with E-state index < -0.39 is 0 Å². The second-order valence-electron chi connectivity index (χ2n) is 6.47. The van der Waals surface area contributed by atoms with Crippen molar-refractivity contribution in [3.05, 3.63) is 23.0 Å². The summed E-state index contributed by atoms with van der Waals surface area (Å²) in [6.45, 7) is 7.18. The van der Waals surface area contributed by atoms with Crippen molar-refractivity contribution in [3.8, 4) is 6.07 Å². The van der Waals surface area contributed by atoms with Crippen LogP contribution in [0.2, 0.25) is 0 Å². The number of rotatable bonds is 4. The molecule has 2 fully saturated rings. The molecule has 0 atom stereocenters. The second kappa shape index (κ2) is 6.03. The van der Waals surface area contributed by atoms with Gasteiger partial charge in [-0.3, -0.25) is 4.98 Å². The first-order chi connectivity index (χ1) is 10.2. The monoisotopic (exact) mass is 284 g/mol. The predicted octanol–water partition coefficient (Wildman–Crippen LogP) is 2.54. The summed E-state index contributed by atoms with van der Waals surface area (Å²) >= 11 is 0. The molecule has 2 heterocycles. The van der Waals surface area contributed by atoms with Gasteiger partial charge < -0.3 is 10.2 Å². The van der Waals surface area contributed by atoms with Crippen molar-refractivity contribution in [2.45, 2.75) is 45.6 Å². The fraction of sp³-hybridized carbons (Fsp3) is 0.647. The maximum absolute atomic E-state index is 9.40. The number of nitrogens with one attached hydrogen (secondary N) is 1. The molecule has 1 aliphatic carbocycles. The van der Waals surface area contributed by atoms with Gasteiger partial charge in [-0.25, -0.2) is 0 Å². The summed E-state index contributed by atoms with van der Waals surface area (Å²) in [4.78, 5) is 6.77. The van der Waals surface area contributed by atoms with Gasteiger partial charge in [0.15, 0.2) is 0 Å².